The largest absolute Gasteiger partial charge is 0.402 e. The molecule has 0 aliphatic heterocycles. The highest BCUT2D eigenvalue weighted by atomic mass is 19.4. The first kappa shape index (κ1) is 39.3. The predicted octanol–water partition coefficient (Wildman–Crippen LogP) is 7.46. The van der Waals surface area contributed by atoms with Crippen LogP contribution in [0.5, 0.6) is 0 Å². The van der Waals surface area contributed by atoms with E-state index >= 15 is 0 Å². The van der Waals surface area contributed by atoms with Crippen molar-refractivity contribution in [2.24, 2.45) is 5.41 Å². The number of hydrogen-bond donors (Lipinski definition) is 0. The van der Waals surface area contributed by atoms with Crippen LogP contribution in [-0.2, 0) is 9.53 Å². The number of ether oxygens (including phenoxy) is 1. The Morgan fingerprint density at radius 2 is 0.840 bits per heavy atom. The van der Waals surface area contributed by atoms with E-state index in [2.05, 4.69) is 32.4 Å². The van der Waals surface area contributed by atoms with Crippen molar-refractivity contribution in [1.29, 1.82) is 0 Å². The molecule has 0 aliphatic carbocycles. The first-order valence-electron chi connectivity index (χ1n) is 7.48. The van der Waals surface area contributed by atoms with Crippen LogP contribution in [0.2, 0.25) is 0 Å². The number of alkyl halides is 6. The fourth-order valence-corrected chi connectivity index (χ4v) is 0.161. The molecular formula is C17H38F6O2. The van der Waals surface area contributed by atoms with E-state index < -0.39 is 17.8 Å². The molecule has 0 fully saturated rings. The molecule has 0 atom stereocenters. The zero-order chi connectivity index (χ0) is 21.2. The number of ketones is 1. The molecule has 0 aromatic rings. The van der Waals surface area contributed by atoms with Gasteiger partial charge >= 0.3 is 12.4 Å². The van der Waals surface area contributed by atoms with E-state index in [1.54, 1.807) is 14.2 Å². The number of hydrogen-bond acceptors (Lipinski definition) is 2. The van der Waals surface area contributed by atoms with Crippen LogP contribution in [0, 0.1) is 5.41 Å². The normalized spacial score (nSPS) is 9.92. The molecule has 0 saturated carbocycles. The average molecular weight is 388 g/mol. The molecule has 0 unspecified atom stereocenters. The summed E-state index contributed by atoms with van der Waals surface area (Å²) >= 11 is 0. The second-order valence-electron chi connectivity index (χ2n) is 5.35. The van der Waals surface area contributed by atoms with Crippen molar-refractivity contribution in [3.05, 3.63) is 0 Å². The highest BCUT2D eigenvalue weighted by Gasteiger charge is 2.64. The highest BCUT2D eigenvalue weighted by Crippen LogP contribution is 2.49. The highest BCUT2D eigenvalue weighted by molar-refractivity contribution is 5.72. The Morgan fingerprint density at radius 3 is 0.840 bits per heavy atom. The van der Waals surface area contributed by atoms with Gasteiger partial charge < -0.3 is 9.53 Å². The third kappa shape index (κ3) is 35.3. The van der Waals surface area contributed by atoms with Crippen molar-refractivity contribution >= 4 is 5.78 Å². The molecule has 0 aromatic heterocycles. The molecule has 2 nitrogen and oxygen atoms in total. The maximum Gasteiger partial charge on any atom is 0.402 e. The van der Waals surface area contributed by atoms with E-state index in [1.807, 2.05) is 0 Å². The molecule has 0 radical (unpaired) electrons. The predicted molar refractivity (Wildman–Crippen MR) is 93.8 cm³/mol. The van der Waals surface area contributed by atoms with E-state index in [0.29, 0.717) is 0 Å². The van der Waals surface area contributed by atoms with E-state index in [0.717, 1.165) is 0 Å². The molecule has 0 heterocycles. The number of Topliss-reactive ketones (excluding diaryl/α,β-unsaturated/α-hetero) is 1. The van der Waals surface area contributed by atoms with Crippen molar-refractivity contribution < 1.29 is 35.9 Å². The summed E-state index contributed by atoms with van der Waals surface area (Å²) in [6, 6.07) is 0. The van der Waals surface area contributed by atoms with Gasteiger partial charge in [0.25, 0.3) is 0 Å². The second-order valence-corrected chi connectivity index (χ2v) is 5.35. The van der Waals surface area contributed by atoms with E-state index in [-0.39, 0.29) is 27.1 Å². The van der Waals surface area contributed by atoms with Crippen molar-refractivity contribution in [3.63, 3.8) is 0 Å². The molecule has 0 saturated heterocycles. The van der Waals surface area contributed by atoms with Crippen LogP contribution in [-0.4, -0.2) is 32.4 Å². The van der Waals surface area contributed by atoms with Crippen LogP contribution < -0.4 is 0 Å². The minimum absolute atomic E-state index is 0. The van der Waals surface area contributed by atoms with E-state index in [4.69, 9.17) is 0 Å². The Kier molecular flexibility index (Phi) is 33.4. The summed E-state index contributed by atoms with van der Waals surface area (Å²) in [4.78, 5) is 9.44. The molecule has 8 heteroatoms. The van der Waals surface area contributed by atoms with Gasteiger partial charge in [0.15, 0.2) is 5.41 Å². The first-order valence-corrected chi connectivity index (χ1v) is 7.48. The van der Waals surface area contributed by atoms with Crippen LogP contribution in [0.4, 0.5) is 26.3 Å². The van der Waals surface area contributed by atoms with Crippen molar-refractivity contribution in [2.45, 2.75) is 88.0 Å². The zero-order valence-corrected chi connectivity index (χ0v) is 16.5. The number of halogens is 6. The van der Waals surface area contributed by atoms with Gasteiger partial charge in [-0.2, -0.15) is 26.3 Å². The minimum atomic E-state index is -5.24. The third-order valence-electron chi connectivity index (χ3n) is 1.42. The smallest absolute Gasteiger partial charge is 0.388 e. The molecule has 25 heavy (non-hydrogen) atoms. The Labute approximate surface area is 150 Å². The minimum Gasteiger partial charge on any atom is -0.388 e. The van der Waals surface area contributed by atoms with Gasteiger partial charge in [-0.1, -0.05) is 48.0 Å². The van der Waals surface area contributed by atoms with Crippen LogP contribution in [0.3, 0.4) is 0 Å². The van der Waals surface area contributed by atoms with Gasteiger partial charge in [-0.05, 0) is 27.7 Å². The number of rotatable bonds is 0. The zero-order valence-electron chi connectivity index (χ0n) is 16.5. The molecule has 0 spiro atoms. The summed E-state index contributed by atoms with van der Waals surface area (Å²) < 4.78 is 73.9. The van der Waals surface area contributed by atoms with Gasteiger partial charge in [-0.15, -0.1) is 0 Å². The number of carbonyl (C=O) groups is 1. The molecule has 0 rings (SSSR count). The summed E-state index contributed by atoms with van der Waals surface area (Å²) in [5, 5.41) is 0. The van der Waals surface area contributed by atoms with Crippen molar-refractivity contribution in [1.82, 2.24) is 0 Å². The summed E-state index contributed by atoms with van der Waals surface area (Å²) in [5.41, 5.74) is -3.62. The molecule has 160 valence electrons. The lowest BCUT2D eigenvalue weighted by Gasteiger charge is -2.29. The molecular weight excluding hydrogens is 350 g/mol. The SMILES string of the molecule is C.CC(C)(C(F)(F)F)C(F)(F)F.CC(C)=O.CCC.CCC.COC. The Balaban J connectivity index is -0.0000000537. The van der Waals surface area contributed by atoms with Gasteiger partial charge in [0, 0.05) is 14.2 Å². The maximum atomic E-state index is 11.6. The van der Waals surface area contributed by atoms with Gasteiger partial charge in [0.05, 0.1) is 0 Å². The summed E-state index contributed by atoms with van der Waals surface area (Å²) in [5.74, 6) is 0.167. The van der Waals surface area contributed by atoms with Crippen LogP contribution >= 0.6 is 0 Å². The van der Waals surface area contributed by atoms with Gasteiger partial charge in [-0.25, -0.2) is 0 Å². The maximum absolute atomic E-state index is 11.6. The Morgan fingerprint density at radius 1 is 0.760 bits per heavy atom. The standard InChI is InChI=1S/C5H6F6.C3H6O.2C3H8.C2H6O.CH4/c1-3(2,4(6,7)8)5(9,10)11;1-3(2)4;3*1-3-2;/h1-2H3;1-2H3;2*3H2,1-2H3;1-2H3;1H4. The molecule has 0 amide bonds. The monoisotopic (exact) mass is 388 g/mol. The van der Waals surface area contributed by atoms with E-state index in [1.165, 1.54) is 26.7 Å². The molecule has 0 aromatic carbocycles. The summed E-state index contributed by atoms with van der Waals surface area (Å²) in [7, 11) is 3.25. The lowest BCUT2D eigenvalue weighted by molar-refractivity contribution is -0.327. The topological polar surface area (TPSA) is 26.3 Å². The van der Waals surface area contributed by atoms with Crippen molar-refractivity contribution in [3.8, 4) is 0 Å². The first-order chi connectivity index (χ1) is 10.5. The fraction of sp³-hybridized carbons (Fsp3) is 0.941. The van der Waals surface area contributed by atoms with Gasteiger partial charge in [-0.3, -0.25) is 0 Å². The molecule has 0 bridgehead atoms. The number of carbonyl (C=O) groups excluding carboxylic acids is 1. The summed E-state index contributed by atoms with van der Waals surface area (Å²) in [6.07, 6.45) is -7.99. The van der Waals surface area contributed by atoms with Crippen LogP contribution in [0.25, 0.3) is 0 Å². The van der Waals surface area contributed by atoms with E-state index in [9.17, 15) is 31.1 Å². The van der Waals surface area contributed by atoms with Gasteiger partial charge in [0.2, 0.25) is 0 Å². The lowest BCUT2D eigenvalue weighted by Crippen LogP contribution is -2.44. The van der Waals surface area contributed by atoms with Gasteiger partial charge in [0.1, 0.15) is 5.78 Å². The quantitative estimate of drug-likeness (QED) is 0.402. The number of methoxy groups -OCH3 is 1. The van der Waals surface area contributed by atoms with Crippen LogP contribution in [0.15, 0.2) is 0 Å². The molecule has 0 aliphatic rings. The fourth-order valence-electron chi connectivity index (χ4n) is 0.161. The Hall–Kier alpha value is -0.790. The Bertz CT molecular complexity index is 234. The lowest BCUT2D eigenvalue weighted by atomic mass is 9.92. The second kappa shape index (κ2) is 21.3. The van der Waals surface area contributed by atoms with Crippen LogP contribution in [0.1, 0.15) is 75.7 Å². The average Bonchev–Trinajstić information content (AvgIpc) is 2.28. The van der Waals surface area contributed by atoms with Crippen molar-refractivity contribution in [2.75, 3.05) is 14.2 Å². The third-order valence-corrected chi connectivity index (χ3v) is 1.42. The summed E-state index contributed by atoms with van der Waals surface area (Å²) in [6.45, 7) is 11.8. The molecule has 0 N–H and O–H groups in total.